The first-order valence-electron chi connectivity index (χ1n) is 6.41. The van der Waals surface area contributed by atoms with Crippen LogP contribution in [0, 0.1) is 11.7 Å². The summed E-state index contributed by atoms with van der Waals surface area (Å²) in [7, 11) is 0. The van der Waals surface area contributed by atoms with Crippen molar-refractivity contribution in [1.82, 2.24) is 10.1 Å². The van der Waals surface area contributed by atoms with Gasteiger partial charge in [0.2, 0.25) is 11.7 Å². The van der Waals surface area contributed by atoms with Crippen LogP contribution in [0.3, 0.4) is 0 Å². The van der Waals surface area contributed by atoms with Crippen LogP contribution in [-0.4, -0.2) is 21.4 Å². The summed E-state index contributed by atoms with van der Waals surface area (Å²) in [6, 6.07) is 4.28. The summed E-state index contributed by atoms with van der Waals surface area (Å²) in [6.07, 6.45) is 0.457. The lowest BCUT2D eigenvalue weighted by molar-refractivity contribution is 0.138. The molecule has 0 spiro atoms. The topological polar surface area (TPSA) is 59.2 Å². The number of aromatic nitrogens is 2. The van der Waals surface area contributed by atoms with E-state index in [1.54, 1.807) is 6.07 Å². The average Bonchev–Trinajstić information content (AvgIpc) is 2.79. The molecule has 0 bridgehead atoms. The van der Waals surface area contributed by atoms with E-state index in [4.69, 9.17) is 4.52 Å². The number of nitrogens with zero attached hydrogens (tertiary/aromatic N) is 2. The van der Waals surface area contributed by atoms with Gasteiger partial charge in [-0.05, 0) is 30.5 Å². The molecule has 0 saturated carbocycles. The maximum Gasteiger partial charge on any atom is 0.229 e. The molecule has 0 radical (unpaired) electrons. The number of hydrogen-bond acceptors (Lipinski definition) is 4. The molecule has 0 saturated heterocycles. The molecule has 108 valence electrons. The van der Waals surface area contributed by atoms with Crippen molar-refractivity contribution in [1.29, 1.82) is 0 Å². The first-order chi connectivity index (χ1) is 9.45. The van der Waals surface area contributed by atoms with E-state index < -0.39 is 6.10 Å². The Labute approximate surface area is 125 Å². The minimum absolute atomic E-state index is 0.304. The van der Waals surface area contributed by atoms with Gasteiger partial charge in [0, 0.05) is 10.0 Å². The molecule has 1 N–H and O–H groups in total. The highest BCUT2D eigenvalue weighted by Gasteiger charge is 2.16. The van der Waals surface area contributed by atoms with E-state index in [1.807, 2.05) is 13.8 Å². The summed E-state index contributed by atoms with van der Waals surface area (Å²) in [5.41, 5.74) is 0.526. The smallest absolute Gasteiger partial charge is 0.229 e. The predicted octanol–water partition coefficient (Wildman–Crippen LogP) is 3.59. The van der Waals surface area contributed by atoms with Crippen LogP contribution in [0.4, 0.5) is 4.39 Å². The van der Waals surface area contributed by atoms with Gasteiger partial charge in [0.25, 0.3) is 0 Å². The summed E-state index contributed by atoms with van der Waals surface area (Å²) in [6.45, 7) is 4.07. The molecule has 0 fully saturated rings. The van der Waals surface area contributed by atoms with Gasteiger partial charge in [-0.15, -0.1) is 0 Å². The van der Waals surface area contributed by atoms with Crippen LogP contribution < -0.4 is 0 Å². The largest absolute Gasteiger partial charge is 0.393 e. The van der Waals surface area contributed by atoms with Crippen LogP contribution >= 0.6 is 15.9 Å². The molecule has 1 heterocycles. The third kappa shape index (κ3) is 3.86. The minimum Gasteiger partial charge on any atom is -0.393 e. The summed E-state index contributed by atoms with van der Waals surface area (Å²) in [5, 5.41) is 13.7. The molecule has 1 atom stereocenters. The fourth-order valence-corrected chi connectivity index (χ4v) is 2.37. The molecule has 4 nitrogen and oxygen atoms in total. The van der Waals surface area contributed by atoms with E-state index in [1.165, 1.54) is 12.1 Å². The van der Waals surface area contributed by atoms with Gasteiger partial charge < -0.3 is 9.63 Å². The third-order valence-corrected chi connectivity index (χ3v) is 3.48. The first-order valence-corrected chi connectivity index (χ1v) is 7.21. The van der Waals surface area contributed by atoms with Gasteiger partial charge in [-0.1, -0.05) is 34.9 Å². The SMILES string of the molecule is CC(C)CC(O)Cc1nc(-c2cc(F)ccc2Br)no1. The standard InChI is InChI=1S/C14H16BrFN2O2/c1-8(2)5-10(19)7-13-17-14(18-20-13)11-6-9(16)3-4-12(11)15/h3-4,6,8,10,19H,5,7H2,1-2H3. The third-order valence-electron chi connectivity index (χ3n) is 2.79. The Morgan fingerprint density at radius 1 is 1.40 bits per heavy atom. The van der Waals surface area contributed by atoms with E-state index in [0.717, 1.165) is 0 Å². The Morgan fingerprint density at radius 2 is 2.15 bits per heavy atom. The Bertz CT molecular complexity index is 586. The molecular formula is C14H16BrFN2O2. The highest BCUT2D eigenvalue weighted by Crippen LogP contribution is 2.27. The number of benzene rings is 1. The molecule has 1 unspecified atom stereocenters. The molecule has 1 aromatic carbocycles. The number of aliphatic hydroxyl groups excluding tert-OH is 1. The van der Waals surface area contributed by atoms with Crippen molar-refractivity contribution in [3.63, 3.8) is 0 Å². The summed E-state index contributed by atoms with van der Waals surface area (Å²) >= 11 is 3.32. The summed E-state index contributed by atoms with van der Waals surface area (Å²) in [5.74, 6) is 0.687. The molecule has 6 heteroatoms. The van der Waals surface area contributed by atoms with E-state index in [-0.39, 0.29) is 5.82 Å². The number of halogens is 2. The lowest BCUT2D eigenvalue weighted by atomic mass is 10.0. The van der Waals surface area contributed by atoms with Gasteiger partial charge in [0.1, 0.15) is 5.82 Å². The lowest BCUT2D eigenvalue weighted by Crippen LogP contribution is -2.13. The van der Waals surface area contributed by atoms with E-state index >= 15 is 0 Å². The van der Waals surface area contributed by atoms with Crippen molar-refractivity contribution in [2.45, 2.75) is 32.8 Å². The van der Waals surface area contributed by atoms with Crippen molar-refractivity contribution < 1.29 is 14.0 Å². The molecule has 0 aliphatic rings. The Morgan fingerprint density at radius 3 is 2.85 bits per heavy atom. The van der Waals surface area contributed by atoms with E-state index in [2.05, 4.69) is 26.1 Å². The van der Waals surface area contributed by atoms with Crippen molar-refractivity contribution in [2.24, 2.45) is 5.92 Å². The van der Waals surface area contributed by atoms with Crippen molar-refractivity contribution in [2.75, 3.05) is 0 Å². The second-order valence-corrected chi connectivity index (χ2v) is 5.98. The Kier molecular flexibility index (Phi) is 4.88. The fourth-order valence-electron chi connectivity index (χ4n) is 1.95. The lowest BCUT2D eigenvalue weighted by Gasteiger charge is -2.09. The predicted molar refractivity (Wildman–Crippen MR) is 76.6 cm³/mol. The highest BCUT2D eigenvalue weighted by atomic mass is 79.9. The van der Waals surface area contributed by atoms with Crippen LogP contribution in [0.15, 0.2) is 27.2 Å². The number of aliphatic hydroxyl groups is 1. The van der Waals surface area contributed by atoms with Gasteiger partial charge >= 0.3 is 0 Å². The second-order valence-electron chi connectivity index (χ2n) is 5.12. The zero-order chi connectivity index (χ0) is 14.7. The maximum atomic E-state index is 13.2. The molecular weight excluding hydrogens is 327 g/mol. The zero-order valence-corrected chi connectivity index (χ0v) is 12.9. The first kappa shape index (κ1) is 15.1. The van der Waals surface area contributed by atoms with Crippen LogP contribution in [0.25, 0.3) is 11.4 Å². The van der Waals surface area contributed by atoms with Crippen LogP contribution in [0.2, 0.25) is 0 Å². The average molecular weight is 343 g/mol. The molecule has 20 heavy (non-hydrogen) atoms. The highest BCUT2D eigenvalue weighted by molar-refractivity contribution is 9.10. The molecule has 2 aromatic rings. The van der Waals surface area contributed by atoms with Gasteiger partial charge in [-0.25, -0.2) is 4.39 Å². The Balaban J connectivity index is 2.14. The number of hydrogen-bond donors (Lipinski definition) is 1. The Hall–Kier alpha value is -1.27. The quantitative estimate of drug-likeness (QED) is 0.901. The zero-order valence-electron chi connectivity index (χ0n) is 11.3. The van der Waals surface area contributed by atoms with Gasteiger partial charge in [-0.2, -0.15) is 4.98 Å². The molecule has 2 rings (SSSR count). The molecule has 0 aliphatic carbocycles. The van der Waals surface area contributed by atoms with Crippen molar-refractivity contribution in [3.8, 4) is 11.4 Å². The van der Waals surface area contributed by atoms with Gasteiger partial charge in [0.05, 0.1) is 12.5 Å². The maximum absolute atomic E-state index is 13.2. The van der Waals surface area contributed by atoms with E-state index in [9.17, 15) is 9.50 Å². The molecule has 0 amide bonds. The molecule has 0 aliphatic heterocycles. The fraction of sp³-hybridized carbons (Fsp3) is 0.429. The van der Waals surface area contributed by atoms with Gasteiger partial charge in [0.15, 0.2) is 0 Å². The van der Waals surface area contributed by atoms with Crippen LogP contribution in [-0.2, 0) is 6.42 Å². The van der Waals surface area contributed by atoms with Crippen LogP contribution in [0.1, 0.15) is 26.2 Å². The molecule has 1 aromatic heterocycles. The normalized spacial score (nSPS) is 12.9. The van der Waals surface area contributed by atoms with Crippen molar-refractivity contribution in [3.05, 3.63) is 34.4 Å². The summed E-state index contributed by atoms with van der Waals surface area (Å²) < 4.78 is 19.0. The monoisotopic (exact) mass is 342 g/mol. The number of rotatable bonds is 5. The van der Waals surface area contributed by atoms with Gasteiger partial charge in [-0.3, -0.25) is 0 Å². The van der Waals surface area contributed by atoms with Crippen LogP contribution in [0.5, 0.6) is 0 Å². The van der Waals surface area contributed by atoms with Crippen molar-refractivity contribution >= 4 is 15.9 Å². The summed E-state index contributed by atoms with van der Waals surface area (Å²) in [4.78, 5) is 4.20. The second kappa shape index (κ2) is 6.45. The van der Waals surface area contributed by atoms with E-state index in [0.29, 0.717) is 40.5 Å². The minimum atomic E-state index is -0.515.